The average molecular weight is 268 g/mol. The molecule has 0 heterocycles. The van der Waals surface area contributed by atoms with Gasteiger partial charge in [0.25, 0.3) is 0 Å². The van der Waals surface area contributed by atoms with Gasteiger partial charge in [-0.3, -0.25) is 4.79 Å². The first-order valence-corrected chi connectivity index (χ1v) is 8.17. The van der Waals surface area contributed by atoms with Gasteiger partial charge in [-0.05, 0) is 25.2 Å². The van der Waals surface area contributed by atoms with Crippen molar-refractivity contribution in [2.45, 2.75) is 71.6 Å². The van der Waals surface area contributed by atoms with Crippen molar-refractivity contribution in [2.75, 3.05) is 13.1 Å². The standard InChI is InChI=1S/C16H32N2O/c1-3-10-16(13-17,11-4-2)15(19)18-12-9-14-7-5-6-8-14/h14H,3-13,17H2,1-2H3,(H,18,19). The fourth-order valence-corrected chi connectivity index (χ4v) is 3.48. The fraction of sp³-hybridized carbons (Fsp3) is 0.938. The Morgan fingerprint density at radius 1 is 1.21 bits per heavy atom. The summed E-state index contributed by atoms with van der Waals surface area (Å²) in [7, 11) is 0. The molecule has 0 aromatic heterocycles. The van der Waals surface area contributed by atoms with Gasteiger partial charge in [0.1, 0.15) is 0 Å². The second kappa shape index (κ2) is 8.57. The summed E-state index contributed by atoms with van der Waals surface area (Å²) >= 11 is 0. The van der Waals surface area contributed by atoms with E-state index in [0.29, 0.717) is 6.54 Å². The van der Waals surface area contributed by atoms with Crippen LogP contribution < -0.4 is 11.1 Å². The maximum atomic E-state index is 12.5. The zero-order chi connectivity index (χ0) is 14.1. The van der Waals surface area contributed by atoms with Crippen LogP contribution in [0.3, 0.4) is 0 Å². The Hall–Kier alpha value is -0.570. The van der Waals surface area contributed by atoms with Crippen LogP contribution in [0.25, 0.3) is 0 Å². The van der Waals surface area contributed by atoms with E-state index in [1.807, 2.05) is 0 Å². The van der Waals surface area contributed by atoms with Crippen LogP contribution >= 0.6 is 0 Å². The first-order valence-electron chi connectivity index (χ1n) is 8.17. The number of amides is 1. The minimum absolute atomic E-state index is 0.191. The molecule has 3 N–H and O–H groups in total. The maximum Gasteiger partial charge on any atom is 0.227 e. The normalized spacial score (nSPS) is 16.8. The van der Waals surface area contributed by atoms with Gasteiger partial charge in [0.15, 0.2) is 0 Å². The van der Waals surface area contributed by atoms with Crippen LogP contribution in [0.15, 0.2) is 0 Å². The van der Waals surface area contributed by atoms with Crippen molar-refractivity contribution >= 4 is 5.91 Å². The molecule has 0 unspecified atom stereocenters. The van der Waals surface area contributed by atoms with E-state index in [9.17, 15) is 4.79 Å². The van der Waals surface area contributed by atoms with E-state index in [-0.39, 0.29) is 11.3 Å². The summed E-state index contributed by atoms with van der Waals surface area (Å²) in [4.78, 5) is 12.5. The number of nitrogens with two attached hydrogens (primary N) is 1. The molecular weight excluding hydrogens is 236 g/mol. The molecule has 0 aromatic rings. The SMILES string of the molecule is CCCC(CN)(CCC)C(=O)NCCC1CCCC1. The van der Waals surface area contributed by atoms with Gasteiger partial charge >= 0.3 is 0 Å². The Bertz CT molecular complexity index is 253. The molecule has 1 aliphatic rings. The van der Waals surface area contributed by atoms with E-state index in [1.54, 1.807) is 0 Å². The number of nitrogens with one attached hydrogen (secondary N) is 1. The molecule has 1 fully saturated rings. The molecule has 0 bridgehead atoms. The lowest BCUT2D eigenvalue weighted by molar-refractivity contribution is -0.131. The van der Waals surface area contributed by atoms with Crippen LogP contribution in [0.1, 0.15) is 71.6 Å². The predicted octanol–water partition coefficient (Wildman–Crippen LogP) is 3.23. The minimum atomic E-state index is -0.320. The van der Waals surface area contributed by atoms with Gasteiger partial charge in [0.2, 0.25) is 5.91 Å². The van der Waals surface area contributed by atoms with E-state index < -0.39 is 0 Å². The summed E-state index contributed by atoms with van der Waals surface area (Å²) in [6, 6.07) is 0. The highest BCUT2D eigenvalue weighted by molar-refractivity contribution is 5.82. The summed E-state index contributed by atoms with van der Waals surface area (Å²) in [6.07, 6.45) is 10.4. The quantitative estimate of drug-likeness (QED) is 0.674. The Morgan fingerprint density at radius 3 is 2.26 bits per heavy atom. The molecule has 112 valence electrons. The zero-order valence-electron chi connectivity index (χ0n) is 12.8. The van der Waals surface area contributed by atoms with Crippen molar-refractivity contribution in [3.8, 4) is 0 Å². The molecule has 19 heavy (non-hydrogen) atoms. The van der Waals surface area contributed by atoms with E-state index in [1.165, 1.54) is 25.7 Å². The second-order valence-electron chi connectivity index (χ2n) is 6.18. The van der Waals surface area contributed by atoms with Gasteiger partial charge in [-0.2, -0.15) is 0 Å². The van der Waals surface area contributed by atoms with Crippen LogP contribution in [0.2, 0.25) is 0 Å². The van der Waals surface area contributed by atoms with Gasteiger partial charge in [0, 0.05) is 13.1 Å². The molecule has 1 amide bonds. The third kappa shape index (κ3) is 4.79. The van der Waals surface area contributed by atoms with Crippen molar-refractivity contribution in [3.05, 3.63) is 0 Å². The molecular formula is C16H32N2O. The average Bonchev–Trinajstić information content (AvgIpc) is 2.91. The molecule has 1 aliphatic carbocycles. The molecule has 0 saturated heterocycles. The predicted molar refractivity (Wildman–Crippen MR) is 80.9 cm³/mol. The number of carbonyl (C=O) groups is 1. The Labute approximate surface area is 118 Å². The molecule has 1 rings (SSSR count). The molecule has 3 nitrogen and oxygen atoms in total. The molecule has 0 atom stereocenters. The Kier molecular flexibility index (Phi) is 7.44. The van der Waals surface area contributed by atoms with E-state index in [4.69, 9.17) is 5.73 Å². The van der Waals surface area contributed by atoms with E-state index >= 15 is 0 Å². The Balaban J connectivity index is 2.41. The number of rotatable bonds is 9. The molecule has 3 heteroatoms. The zero-order valence-corrected chi connectivity index (χ0v) is 12.8. The number of hydrogen-bond acceptors (Lipinski definition) is 2. The minimum Gasteiger partial charge on any atom is -0.356 e. The maximum absolute atomic E-state index is 12.5. The lowest BCUT2D eigenvalue weighted by Crippen LogP contribution is -2.46. The molecule has 1 saturated carbocycles. The van der Waals surface area contributed by atoms with Gasteiger partial charge in [-0.15, -0.1) is 0 Å². The van der Waals surface area contributed by atoms with Crippen molar-refractivity contribution in [3.63, 3.8) is 0 Å². The van der Waals surface area contributed by atoms with Gasteiger partial charge in [-0.1, -0.05) is 52.4 Å². The van der Waals surface area contributed by atoms with Crippen molar-refractivity contribution < 1.29 is 4.79 Å². The van der Waals surface area contributed by atoms with Gasteiger partial charge in [0.05, 0.1) is 5.41 Å². The largest absolute Gasteiger partial charge is 0.356 e. The van der Waals surface area contributed by atoms with Crippen LogP contribution in [-0.2, 0) is 4.79 Å². The van der Waals surface area contributed by atoms with Crippen LogP contribution in [0.5, 0.6) is 0 Å². The van der Waals surface area contributed by atoms with Crippen molar-refractivity contribution in [2.24, 2.45) is 17.1 Å². The third-order valence-electron chi connectivity index (χ3n) is 4.64. The highest BCUT2D eigenvalue weighted by atomic mass is 16.2. The third-order valence-corrected chi connectivity index (χ3v) is 4.64. The summed E-state index contributed by atoms with van der Waals surface area (Å²) in [5.41, 5.74) is 5.59. The smallest absolute Gasteiger partial charge is 0.227 e. The highest BCUT2D eigenvalue weighted by Crippen LogP contribution is 2.30. The van der Waals surface area contributed by atoms with Crippen LogP contribution in [0.4, 0.5) is 0 Å². The van der Waals surface area contributed by atoms with Crippen LogP contribution in [-0.4, -0.2) is 19.0 Å². The van der Waals surface area contributed by atoms with Crippen LogP contribution in [0, 0.1) is 11.3 Å². The highest BCUT2D eigenvalue weighted by Gasteiger charge is 2.34. The number of hydrogen-bond donors (Lipinski definition) is 2. The molecule has 0 spiro atoms. The first-order chi connectivity index (χ1) is 9.18. The van der Waals surface area contributed by atoms with Gasteiger partial charge < -0.3 is 11.1 Å². The first kappa shape index (κ1) is 16.5. The molecule has 0 aromatic carbocycles. The molecule has 0 aliphatic heterocycles. The summed E-state index contributed by atoms with van der Waals surface area (Å²) < 4.78 is 0. The lowest BCUT2D eigenvalue weighted by atomic mass is 9.78. The number of carbonyl (C=O) groups excluding carboxylic acids is 1. The Morgan fingerprint density at radius 2 is 1.79 bits per heavy atom. The van der Waals surface area contributed by atoms with E-state index in [2.05, 4.69) is 19.2 Å². The van der Waals surface area contributed by atoms with E-state index in [0.717, 1.165) is 44.6 Å². The second-order valence-corrected chi connectivity index (χ2v) is 6.18. The summed E-state index contributed by atoms with van der Waals surface area (Å²) in [5.74, 6) is 1.03. The van der Waals surface area contributed by atoms with Gasteiger partial charge in [-0.25, -0.2) is 0 Å². The molecule has 0 radical (unpaired) electrons. The fourth-order valence-electron chi connectivity index (χ4n) is 3.48. The topological polar surface area (TPSA) is 55.1 Å². The van der Waals surface area contributed by atoms with Crippen molar-refractivity contribution in [1.29, 1.82) is 0 Å². The lowest BCUT2D eigenvalue weighted by Gasteiger charge is -2.31. The summed E-state index contributed by atoms with van der Waals surface area (Å²) in [5, 5.41) is 3.15. The summed E-state index contributed by atoms with van der Waals surface area (Å²) in [6.45, 7) is 5.57. The van der Waals surface area contributed by atoms with Crippen molar-refractivity contribution in [1.82, 2.24) is 5.32 Å². The monoisotopic (exact) mass is 268 g/mol.